The zero-order valence-electron chi connectivity index (χ0n) is 13.7. The van der Waals surface area contributed by atoms with Crippen LogP contribution in [0.4, 0.5) is 22.0 Å². The van der Waals surface area contributed by atoms with Crippen molar-refractivity contribution < 1.29 is 22.0 Å². The SMILES string of the molecule is CCCn1c(SCc2nccn2C(F)F)nc2ccc(C(F)(F)F)cc21. The molecule has 0 spiro atoms. The average Bonchev–Trinajstić information content (AvgIpc) is 3.17. The third-order valence-corrected chi connectivity index (χ3v) is 4.75. The Kier molecular flexibility index (Phi) is 5.22. The van der Waals surface area contributed by atoms with E-state index in [1.807, 2.05) is 6.92 Å². The predicted octanol–water partition coefficient (Wildman–Crippen LogP) is 5.35. The van der Waals surface area contributed by atoms with Gasteiger partial charge in [-0.25, -0.2) is 9.97 Å². The van der Waals surface area contributed by atoms with Gasteiger partial charge in [-0.05, 0) is 24.6 Å². The van der Waals surface area contributed by atoms with Gasteiger partial charge >= 0.3 is 12.7 Å². The standard InChI is InChI=1S/C16H15F5N4S/c1-2-6-24-12-8-10(16(19,20)21)3-4-11(12)23-15(24)26-9-13-22-5-7-25(13)14(17)18/h3-5,7-8,14H,2,6,9H2,1H3. The van der Waals surface area contributed by atoms with Crippen LogP contribution in [0.3, 0.4) is 0 Å². The Balaban J connectivity index is 1.94. The van der Waals surface area contributed by atoms with Gasteiger partial charge in [0.15, 0.2) is 5.16 Å². The number of rotatable bonds is 6. The highest BCUT2D eigenvalue weighted by Crippen LogP contribution is 2.33. The zero-order valence-corrected chi connectivity index (χ0v) is 14.5. The molecule has 0 atom stereocenters. The molecular formula is C16H15F5N4S. The first kappa shape index (κ1) is 18.7. The highest BCUT2D eigenvalue weighted by molar-refractivity contribution is 7.98. The highest BCUT2D eigenvalue weighted by Gasteiger charge is 2.31. The predicted molar refractivity (Wildman–Crippen MR) is 88.1 cm³/mol. The minimum Gasteiger partial charge on any atom is -0.319 e. The Morgan fingerprint density at radius 3 is 2.65 bits per heavy atom. The fourth-order valence-electron chi connectivity index (χ4n) is 2.59. The number of alkyl halides is 5. The van der Waals surface area contributed by atoms with Crippen molar-refractivity contribution in [2.24, 2.45) is 0 Å². The molecule has 0 aliphatic carbocycles. The Bertz CT molecular complexity index is 900. The first-order valence-electron chi connectivity index (χ1n) is 7.81. The van der Waals surface area contributed by atoms with Crippen molar-refractivity contribution in [3.63, 3.8) is 0 Å². The fraction of sp³-hybridized carbons (Fsp3) is 0.375. The lowest BCUT2D eigenvalue weighted by molar-refractivity contribution is -0.137. The molecule has 2 aromatic heterocycles. The summed E-state index contributed by atoms with van der Waals surface area (Å²) in [7, 11) is 0. The van der Waals surface area contributed by atoms with Crippen molar-refractivity contribution in [3.8, 4) is 0 Å². The summed E-state index contributed by atoms with van der Waals surface area (Å²) in [6, 6.07) is 3.39. The molecule has 0 radical (unpaired) electrons. The molecular weight excluding hydrogens is 375 g/mol. The number of thioether (sulfide) groups is 1. The van der Waals surface area contributed by atoms with Crippen LogP contribution in [0.25, 0.3) is 11.0 Å². The van der Waals surface area contributed by atoms with Crippen LogP contribution in [0.5, 0.6) is 0 Å². The molecule has 10 heteroatoms. The van der Waals surface area contributed by atoms with Crippen LogP contribution in [0.15, 0.2) is 35.7 Å². The largest absolute Gasteiger partial charge is 0.416 e. The summed E-state index contributed by atoms with van der Waals surface area (Å²) >= 11 is 1.17. The Labute approximate surface area is 150 Å². The van der Waals surface area contributed by atoms with Crippen molar-refractivity contribution in [1.29, 1.82) is 0 Å². The maximum atomic E-state index is 13.0. The number of halogens is 5. The molecule has 3 aromatic rings. The molecule has 26 heavy (non-hydrogen) atoms. The van der Waals surface area contributed by atoms with E-state index in [-0.39, 0.29) is 11.6 Å². The van der Waals surface area contributed by atoms with Gasteiger partial charge in [-0.3, -0.25) is 4.57 Å². The van der Waals surface area contributed by atoms with Crippen LogP contribution in [-0.4, -0.2) is 19.1 Å². The molecule has 140 valence electrons. The van der Waals surface area contributed by atoms with Gasteiger partial charge in [-0.2, -0.15) is 22.0 Å². The summed E-state index contributed by atoms with van der Waals surface area (Å²) in [4.78, 5) is 8.27. The van der Waals surface area contributed by atoms with E-state index in [2.05, 4.69) is 9.97 Å². The molecule has 0 aliphatic rings. The van der Waals surface area contributed by atoms with E-state index >= 15 is 0 Å². The summed E-state index contributed by atoms with van der Waals surface area (Å²) in [6.45, 7) is -0.321. The maximum absolute atomic E-state index is 13.0. The molecule has 0 saturated carbocycles. The topological polar surface area (TPSA) is 35.6 Å². The number of aromatic nitrogens is 4. The third kappa shape index (κ3) is 3.69. The van der Waals surface area contributed by atoms with Crippen molar-refractivity contribution >= 4 is 22.8 Å². The van der Waals surface area contributed by atoms with E-state index in [1.165, 1.54) is 30.2 Å². The number of nitrogens with zero attached hydrogens (tertiary/aromatic N) is 4. The monoisotopic (exact) mass is 390 g/mol. The fourth-order valence-corrected chi connectivity index (χ4v) is 3.58. The van der Waals surface area contributed by atoms with E-state index in [9.17, 15) is 22.0 Å². The van der Waals surface area contributed by atoms with Crippen LogP contribution < -0.4 is 0 Å². The van der Waals surface area contributed by atoms with E-state index in [1.54, 1.807) is 4.57 Å². The van der Waals surface area contributed by atoms with Gasteiger partial charge in [0.25, 0.3) is 0 Å². The minimum absolute atomic E-state index is 0.135. The molecule has 0 N–H and O–H groups in total. The Morgan fingerprint density at radius 2 is 2.00 bits per heavy atom. The minimum atomic E-state index is -4.44. The molecule has 3 rings (SSSR count). The second kappa shape index (κ2) is 7.26. The lowest BCUT2D eigenvalue weighted by Gasteiger charge is -2.10. The van der Waals surface area contributed by atoms with Gasteiger partial charge in [0.1, 0.15) is 5.82 Å². The lowest BCUT2D eigenvalue weighted by atomic mass is 10.2. The second-order valence-corrected chi connectivity index (χ2v) is 6.51. The van der Waals surface area contributed by atoms with Gasteiger partial charge in [-0.1, -0.05) is 18.7 Å². The van der Waals surface area contributed by atoms with Crippen LogP contribution in [0.1, 0.15) is 31.3 Å². The smallest absolute Gasteiger partial charge is 0.319 e. The highest BCUT2D eigenvalue weighted by atomic mass is 32.2. The summed E-state index contributed by atoms with van der Waals surface area (Å²) in [5, 5.41) is 0.477. The molecule has 2 heterocycles. The van der Waals surface area contributed by atoms with Crippen LogP contribution in [0.2, 0.25) is 0 Å². The first-order valence-corrected chi connectivity index (χ1v) is 8.80. The normalized spacial score (nSPS) is 12.4. The number of hydrogen-bond acceptors (Lipinski definition) is 3. The van der Waals surface area contributed by atoms with Gasteiger partial charge in [-0.15, -0.1) is 0 Å². The first-order chi connectivity index (χ1) is 12.3. The quantitative estimate of drug-likeness (QED) is 0.421. The molecule has 1 aromatic carbocycles. The van der Waals surface area contributed by atoms with Crippen LogP contribution in [-0.2, 0) is 18.5 Å². The summed E-state index contributed by atoms with van der Waals surface area (Å²) in [5.41, 5.74) is 0.0691. The van der Waals surface area contributed by atoms with Crippen LogP contribution >= 0.6 is 11.8 Å². The summed E-state index contributed by atoms with van der Waals surface area (Å²) in [6.07, 6.45) is -1.27. The summed E-state index contributed by atoms with van der Waals surface area (Å²) < 4.78 is 67.2. The van der Waals surface area contributed by atoms with Crippen molar-refractivity contribution in [2.45, 2.75) is 43.5 Å². The third-order valence-electron chi connectivity index (χ3n) is 3.78. The zero-order chi connectivity index (χ0) is 18.9. The van der Waals surface area contributed by atoms with Gasteiger partial charge in [0.2, 0.25) is 0 Å². The van der Waals surface area contributed by atoms with Crippen LogP contribution in [0, 0.1) is 0 Å². The molecule has 4 nitrogen and oxygen atoms in total. The maximum Gasteiger partial charge on any atom is 0.416 e. The lowest BCUT2D eigenvalue weighted by Crippen LogP contribution is -2.06. The molecule has 0 fully saturated rings. The second-order valence-electron chi connectivity index (χ2n) is 5.56. The average molecular weight is 390 g/mol. The Morgan fingerprint density at radius 1 is 1.23 bits per heavy atom. The molecule has 0 bridgehead atoms. The number of aryl methyl sites for hydroxylation is 1. The number of benzene rings is 1. The summed E-state index contributed by atoms with van der Waals surface area (Å²) in [5.74, 6) is 0.312. The van der Waals surface area contributed by atoms with Gasteiger partial charge < -0.3 is 4.57 Å². The van der Waals surface area contributed by atoms with Crippen molar-refractivity contribution in [3.05, 3.63) is 42.0 Å². The van der Waals surface area contributed by atoms with Gasteiger partial charge in [0, 0.05) is 18.9 Å². The molecule has 0 aliphatic heterocycles. The van der Waals surface area contributed by atoms with E-state index < -0.39 is 18.3 Å². The van der Waals surface area contributed by atoms with Crippen molar-refractivity contribution in [2.75, 3.05) is 0 Å². The molecule has 0 amide bonds. The van der Waals surface area contributed by atoms with Crippen molar-refractivity contribution in [1.82, 2.24) is 19.1 Å². The number of hydrogen-bond donors (Lipinski definition) is 0. The molecule has 0 saturated heterocycles. The molecule has 0 unspecified atom stereocenters. The number of fused-ring (bicyclic) bond motifs is 1. The Hall–Kier alpha value is -2.10. The van der Waals surface area contributed by atoms with E-state index in [4.69, 9.17) is 0 Å². The van der Waals surface area contributed by atoms with E-state index in [0.717, 1.165) is 16.7 Å². The van der Waals surface area contributed by atoms with E-state index in [0.29, 0.717) is 29.2 Å². The van der Waals surface area contributed by atoms with Gasteiger partial charge in [0.05, 0.1) is 22.3 Å². The number of imidazole rings is 2.